The van der Waals surface area contributed by atoms with Gasteiger partial charge in [-0.25, -0.2) is 4.98 Å². The highest BCUT2D eigenvalue weighted by molar-refractivity contribution is 5.61. The number of hydrogen-bond donors (Lipinski definition) is 1. The molecule has 1 aliphatic rings. The van der Waals surface area contributed by atoms with Gasteiger partial charge in [-0.1, -0.05) is 0 Å². The van der Waals surface area contributed by atoms with E-state index < -0.39 is 4.92 Å². The van der Waals surface area contributed by atoms with Crippen LogP contribution >= 0.6 is 0 Å². The monoisotopic (exact) mass is 297 g/mol. The predicted molar refractivity (Wildman–Crippen MR) is 75.6 cm³/mol. The van der Waals surface area contributed by atoms with Crippen LogP contribution in [-0.4, -0.2) is 65.8 Å². The SMILES string of the molecule is COc1ncnc(NC(C)CN2CCOCC2)c1[N+](=O)[O-]. The standard InChI is InChI=1S/C12H19N5O4/c1-9(7-16-3-5-21-6-4-16)15-11-10(17(18)19)12(20-2)14-8-13-11/h8-9H,3-7H2,1-2H3,(H,13,14,15). The van der Waals surface area contributed by atoms with Gasteiger partial charge in [-0.05, 0) is 6.92 Å². The Morgan fingerprint density at radius 3 is 2.86 bits per heavy atom. The second kappa shape index (κ2) is 7.14. The number of ether oxygens (including phenoxy) is 2. The van der Waals surface area contributed by atoms with E-state index in [1.54, 1.807) is 0 Å². The second-order valence-electron chi connectivity index (χ2n) is 4.80. The highest BCUT2D eigenvalue weighted by atomic mass is 16.6. The Morgan fingerprint density at radius 1 is 1.52 bits per heavy atom. The van der Waals surface area contributed by atoms with Crippen LogP contribution in [0.1, 0.15) is 6.92 Å². The van der Waals surface area contributed by atoms with Crippen molar-refractivity contribution in [1.29, 1.82) is 0 Å². The van der Waals surface area contributed by atoms with Crippen LogP contribution in [0.4, 0.5) is 11.5 Å². The van der Waals surface area contributed by atoms with Crippen LogP contribution in [0.25, 0.3) is 0 Å². The van der Waals surface area contributed by atoms with E-state index in [4.69, 9.17) is 9.47 Å². The Hall–Kier alpha value is -2.00. The number of rotatable bonds is 6. The van der Waals surface area contributed by atoms with Gasteiger partial charge in [0.05, 0.1) is 25.2 Å². The zero-order valence-electron chi connectivity index (χ0n) is 12.1. The summed E-state index contributed by atoms with van der Waals surface area (Å²) < 4.78 is 10.2. The van der Waals surface area contributed by atoms with Crippen LogP contribution in [0.5, 0.6) is 5.88 Å². The molecule has 0 radical (unpaired) electrons. The zero-order valence-corrected chi connectivity index (χ0v) is 12.1. The van der Waals surface area contributed by atoms with E-state index in [-0.39, 0.29) is 23.4 Å². The highest BCUT2D eigenvalue weighted by Gasteiger charge is 2.25. The summed E-state index contributed by atoms with van der Waals surface area (Å²) in [6.07, 6.45) is 1.25. The highest BCUT2D eigenvalue weighted by Crippen LogP contribution is 2.30. The van der Waals surface area contributed by atoms with E-state index in [0.717, 1.165) is 19.6 Å². The lowest BCUT2D eigenvalue weighted by Crippen LogP contribution is -2.42. The molecule has 1 fully saturated rings. The van der Waals surface area contributed by atoms with Crippen molar-refractivity contribution in [3.05, 3.63) is 16.4 Å². The summed E-state index contributed by atoms with van der Waals surface area (Å²) in [7, 11) is 1.34. The molecule has 2 rings (SSSR count). The molecule has 0 aromatic carbocycles. The number of morpholine rings is 1. The average Bonchev–Trinajstić information content (AvgIpc) is 2.47. The van der Waals surface area contributed by atoms with Crippen molar-refractivity contribution in [2.45, 2.75) is 13.0 Å². The third-order valence-corrected chi connectivity index (χ3v) is 3.18. The van der Waals surface area contributed by atoms with Crippen LogP contribution in [0.15, 0.2) is 6.33 Å². The molecule has 1 aromatic heterocycles. The van der Waals surface area contributed by atoms with Gasteiger partial charge < -0.3 is 14.8 Å². The van der Waals surface area contributed by atoms with Gasteiger partial charge in [-0.3, -0.25) is 15.0 Å². The molecular formula is C12H19N5O4. The zero-order chi connectivity index (χ0) is 15.2. The Morgan fingerprint density at radius 2 is 2.24 bits per heavy atom. The van der Waals surface area contributed by atoms with Gasteiger partial charge in [0.25, 0.3) is 5.88 Å². The van der Waals surface area contributed by atoms with Crippen molar-refractivity contribution in [3.63, 3.8) is 0 Å². The number of anilines is 1. The summed E-state index contributed by atoms with van der Waals surface area (Å²) in [4.78, 5) is 20.6. The largest absolute Gasteiger partial charge is 0.476 e. The summed E-state index contributed by atoms with van der Waals surface area (Å²) >= 11 is 0. The minimum Gasteiger partial charge on any atom is -0.476 e. The normalized spacial score (nSPS) is 17.2. The molecule has 1 aliphatic heterocycles. The molecule has 116 valence electrons. The summed E-state index contributed by atoms with van der Waals surface area (Å²) in [6.45, 7) is 5.87. The van der Waals surface area contributed by atoms with E-state index in [2.05, 4.69) is 20.2 Å². The van der Waals surface area contributed by atoms with Crippen LogP contribution in [-0.2, 0) is 4.74 Å². The first kappa shape index (κ1) is 15.4. The maximum absolute atomic E-state index is 11.2. The molecule has 0 bridgehead atoms. The van der Waals surface area contributed by atoms with Gasteiger partial charge in [-0.15, -0.1) is 0 Å². The fourth-order valence-corrected chi connectivity index (χ4v) is 2.23. The number of hydrogen-bond acceptors (Lipinski definition) is 8. The second-order valence-corrected chi connectivity index (χ2v) is 4.80. The first-order valence-electron chi connectivity index (χ1n) is 6.72. The molecule has 9 heteroatoms. The fraction of sp³-hybridized carbons (Fsp3) is 0.667. The van der Waals surface area contributed by atoms with Crippen LogP contribution in [0, 0.1) is 10.1 Å². The van der Waals surface area contributed by atoms with Crippen molar-refractivity contribution in [1.82, 2.24) is 14.9 Å². The molecule has 0 amide bonds. The van der Waals surface area contributed by atoms with E-state index in [1.807, 2.05) is 6.92 Å². The van der Waals surface area contributed by atoms with Gasteiger partial charge in [0.1, 0.15) is 6.33 Å². The average molecular weight is 297 g/mol. The van der Waals surface area contributed by atoms with Crippen LogP contribution in [0.3, 0.4) is 0 Å². The van der Waals surface area contributed by atoms with Crippen LogP contribution in [0.2, 0.25) is 0 Å². The Labute approximate surface area is 122 Å². The lowest BCUT2D eigenvalue weighted by Gasteiger charge is -2.29. The van der Waals surface area contributed by atoms with Crippen molar-refractivity contribution in [2.75, 3.05) is 45.3 Å². The van der Waals surface area contributed by atoms with E-state index >= 15 is 0 Å². The van der Waals surface area contributed by atoms with E-state index in [9.17, 15) is 10.1 Å². The van der Waals surface area contributed by atoms with Gasteiger partial charge in [0.2, 0.25) is 5.82 Å². The van der Waals surface area contributed by atoms with E-state index in [0.29, 0.717) is 13.2 Å². The summed E-state index contributed by atoms with van der Waals surface area (Å²) in [5.41, 5.74) is -0.242. The molecule has 0 aliphatic carbocycles. The van der Waals surface area contributed by atoms with Crippen molar-refractivity contribution < 1.29 is 14.4 Å². The topological polar surface area (TPSA) is 103 Å². The first-order valence-corrected chi connectivity index (χ1v) is 6.72. The lowest BCUT2D eigenvalue weighted by atomic mass is 10.2. The number of nitrogens with zero attached hydrogens (tertiary/aromatic N) is 4. The summed E-state index contributed by atoms with van der Waals surface area (Å²) in [5, 5.41) is 14.2. The van der Waals surface area contributed by atoms with Crippen molar-refractivity contribution in [3.8, 4) is 5.88 Å². The molecule has 1 atom stereocenters. The molecule has 1 saturated heterocycles. The molecular weight excluding hydrogens is 278 g/mol. The maximum Gasteiger partial charge on any atom is 0.372 e. The number of nitro groups is 1. The van der Waals surface area contributed by atoms with Crippen molar-refractivity contribution >= 4 is 11.5 Å². The molecule has 9 nitrogen and oxygen atoms in total. The Bertz CT molecular complexity index is 493. The predicted octanol–water partition coefficient (Wildman–Crippen LogP) is 0.526. The van der Waals surface area contributed by atoms with Gasteiger partial charge >= 0.3 is 5.69 Å². The maximum atomic E-state index is 11.2. The summed E-state index contributed by atoms with van der Waals surface area (Å²) in [5.74, 6) is 0.128. The third-order valence-electron chi connectivity index (χ3n) is 3.18. The summed E-state index contributed by atoms with van der Waals surface area (Å²) in [6, 6.07) is 0.00130. The van der Waals surface area contributed by atoms with Crippen molar-refractivity contribution in [2.24, 2.45) is 0 Å². The first-order chi connectivity index (χ1) is 10.1. The number of nitrogens with one attached hydrogen (secondary N) is 1. The number of methoxy groups -OCH3 is 1. The Kier molecular flexibility index (Phi) is 5.23. The molecule has 1 unspecified atom stereocenters. The van der Waals surface area contributed by atoms with Gasteiger partial charge in [0.15, 0.2) is 0 Å². The molecule has 1 N–H and O–H groups in total. The van der Waals surface area contributed by atoms with E-state index in [1.165, 1.54) is 13.4 Å². The minimum atomic E-state index is -0.539. The third kappa shape index (κ3) is 3.99. The Balaban J connectivity index is 2.05. The fourth-order valence-electron chi connectivity index (χ4n) is 2.23. The molecule has 0 spiro atoms. The molecule has 1 aromatic rings. The number of aromatic nitrogens is 2. The smallest absolute Gasteiger partial charge is 0.372 e. The van der Waals surface area contributed by atoms with Gasteiger partial charge in [0, 0.05) is 25.7 Å². The molecule has 21 heavy (non-hydrogen) atoms. The van der Waals surface area contributed by atoms with Crippen LogP contribution < -0.4 is 10.1 Å². The minimum absolute atomic E-state index is 0.00130. The lowest BCUT2D eigenvalue weighted by molar-refractivity contribution is -0.385. The quantitative estimate of drug-likeness (QED) is 0.599. The van der Waals surface area contributed by atoms with Gasteiger partial charge in [-0.2, -0.15) is 4.98 Å². The molecule has 2 heterocycles. The molecule has 0 saturated carbocycles.